The fourth-order valence-electron chi connectivity index (χ4n) is 2.66. The summed E-state index contributed by atoms with van der Waals surface area (Å²) in [5.41, 5.74) is 0.929. The quantitative estimate of drug-likeness (QED) is 0.627. The van der Waals surface area contributed by atoms with E-state index >= 15 is 0 Å². The number of carbonyl (C=O) groups is 1. The Morgan fingerprint density at radius 1 is 1.38 bits per heavy atom. The zero-order valence-corrected chi connectivity index (χ0v) is 15.2. The fourth-order valence-corrected chi connectivity index (χ4v) is 4.43. The van der Waals surface area contributed by atoms with E-state index < -0.39 is 0 Å². The molecule has 3 rings (SSSR count). The van der Waals surface area contributed by atoms with Crippen LogP contribution in [0.1, 0.15) is 25.6 Å². The van der Waals surface area contributed by atoms with Crippen LogP contribution in [-0.4, -0.2) is 22.6 Å². The number of methoxy groups -OCH3 is 1. The molecule has 126 valence electrons. The maximum Gasteiger partial charge on any atom is 0.305 e. The van der Waals surface area contributed by atoms with Crippen molar-refractivity contribution < 1.29 is 9.53 Å². The second-order valence-electron chi connectivity index (χ2n) is 5.32. The van der Waals surface area contributed by atoms with Gasteiger partial charge in [0.2, 0.25) is 0 Å². The first-order valence-electron chi connectivity index (χ1n) is 7.77. The average Bonchev–Trinajstić information content (AvgIpc) is 3.25. The van der Waals surface area contributed by atoms with Crippen LogP contribution in [0.25, 0.3) is 20.7 Å². The Balaban J connectivity index is 2.04. The van der Waals surface area contributed by atoms with Gasteiger partial charge in [-0.25, -0.2) is 4.98 Å². The number of rotatable bonds is 6. The molecule has 3 aromatic heterocycles. The molecule has 0 aromatic carbocycles. The molecule has 0 amide bonds. The smallest absolute Gasteiger partial charge is 0.305 e. The van der Waals surface area contributed by atoms with Crippen molar-refractivity contribution in [2.45, 2.75) is 32.7 Å². The number of thiophene rings is 2. The Kier molecular flexibility index (Phi) is 5.11. The van der Waals surface area contributed by atoms with E-state index in [1.807, 2.05) is 29.8 Å². The van der Waals surface area contributed by atoms with Crippen LogP contribution in [0.2, 0.25) is 0 Å². The summed E-state index contributed by atoms with van der Waals surface area (Å²) < 4.78 is 6.37. The number of fused-ring (bicyclic) bond motifs is 1. The van der Waals surface area contributed by atoms with E-state index in [2.05, 4.69) is 9.72 Å². The molecule has 0 atom stereocenters. The van der Waals surface area contributed by atoms with Gasteiger partial charge in [0.1, 0.15) is 10.7 Å². The number of carbonyl (C=O) groups excluding carboxylic acids is 1. The summed E-state index contributed by atoms with van der Waals surface area (Å²) in [5, 5.41) is 4.68. The predicted octanol–water partition coefficient (Wildman–Crippen LogP) is 3.70. The van der Waals surface area contributed by atoms with Crippen LogP contribution in [0.5, 0.6) is 0 Å². The highest BCUT2D eigenvalue weighted by molar-refractivity contribution is 7.18. The number of aromatic nitrogens is 2. The van der Waals surface area contributed by atoms with Gasteiger partial charge in [-0.1, -0.05) is 13.0 Å². The Hall–Kier alpha value is -1.99. The monoisotopic (exact) mass is 362 g/mol. The van der Waals surface area contributed by atoms with Gasteiger partial charge in [-0.15, -0.1) is 22.7 Å². The molecule has 0 spiro atoms. The molecule has 0 unspecified atom stereocenters. The fraction of sp³-hybridized carbons (Fsp3) is 0.353. The van der Waals surface area contributed by atoms with E-state index in [0.717, 1.165) is 21.1 Å². The number of aryl methyl sites for hydroxylation is 1. The zero-order chi connectivity index (χ0) is 17.1. The minimum absolute atomic E-state index is 0.0219. The predicted molar refractivity (Wildman–Crippen MR) is 97.8 cm³/mol. The Morgan fingerprint density at radius 2 is 2.21 bits per heavy atom. The van der Waals surface area contributed by atoms with Gasteiger partial charge in [-0.05, 0) is 17.9 Å². The largest absolute Gasteiger partial charge is 0.469 e. The molecule has 24 heavy (non-hydrogen) atoms. The molecule has 0 aliphatic heterocycles. The lowest BCUT2D eigenvalue weighted by atomic mass is 10.2. The topological polar surface area (TPSA) is 61.2 Å². The third kappa shape index (κ3) is 3.14. The van der Waals surface area contributed by atoms with Crippen LogP contribution in [0, 0.1) is 0 Å². The van der Waals surface area contributed by atoms with Crippen molar-refractivity contribution in [1.29, 1.82) is 0 Å². The van der Waals surface area contributed by atoms with Crippen molar-refractivity contribution in [3.8, 4) is 10.4 Å². The van der Waals surface area contributed by atoms with Gasteiger partial charge in [-0.3, -0.25) is 14.2 Å². The zero-order valence-electron chi connectivity index (χ0n) is 13.6. The highest BCUT2D eigenvalue weighted by Crippen LogP contribution is 2.33. The third-order valence-corrected chi connectivity index (χ3v) is 5.64. The van der Waals surface area contributed by atoms with Crippen LogP contribution in [0.4, 0.5) is 0 Å². The second-order valence-corrected chi connectivity index (χ2v) is 7.13. The molecule has 0 aliphatic carbocycles. The lowest BCUT2D eigenvalue weighted by Crippen LogP contribution is -2.25. The van der Waals surface area contributed by atoms with E-state index in [4.69, 9.17) is 0 Å². The minimum atomic E-state index is -0.259. The molecule has 0 radical (unpaired) electrons. The maximum absolute atomic E-state index is 13.0. The van der Waals surface area contributed by atoms with Crippen LogP contribution in [0.15, 0.2) is 27.7 Å². The number of nitrogens with zero attached hydrogens (tertiary/aromatic N) is 2. The van der Waals surface area contributed by atoms with Gasteiger partial charge in [0, 0.05) is 35.2 Å². The van der Waals surface area contributed by atoms with Crippen LogP contribution < -0.4 is 5.56 Å². The van der Waals surface area contributed by atoms with E-state index in [0.29, 0.717) is 31.2 Å². The van der Waals surface area contributed by atoms with Crippen LogP contribution in [-0.2, 0) is 22.5 Å². The van der Waals surface area contributed by atoms with Crippen molar-refractivity contribution in [3.05, 3.63) is 39.1 Å². The molecule has 7 heteroatoms. The molecule has 3 heterocycles. The minimum Gasteiger partial charge on any atom is -0.469 e. The van der Waals surface area contributed by atoms with Crippen molar-refractivity contribution >= 4 is 38.9 Å². The SMILES string of the molecule is CCc1nc2scc(-c3cccs3)c2c(=O)n1CCCC(=O)OC. The van der Waals surface area contributed by atoms with Gasteiger partial charge in [0.25, 0.3) is 5.56 Å². The standard InChI is InChI=1S/C17H18N2O3S2/c1-3-13-18-16-15(11(10-24-16)12-6-5-9-23-12)17(21)19(13)8-4-7-14(20)22-2/h5-6,9-10H,3-4,7-8H2,1-2H3. The average molecular weight is 362 g/mol. The molecular formula is C17H18N2O3S2. The van der Waals surface area contributed by atoms with Crippen molar-refractivity contribution in [2.24, 2.45) is 0 Å². The Morgan fingerprint density at radius 3 is 2.88 bits per heavy atom. The summed E-state index contributed by atoms with van der Waals surface area (Å²) in [4.78, 5) is 30.9. The van der Waals surface area contributed by atoms with E-state index in [1.165, 1.54) is 18.4 Å². The lowest BCUT2D eigenvalue weighted by Gasteiger charge is -2.11. The summed E-state index contributed by atoms with van der Waals surface area (Å²) in [6.45, 7) is 2.46. The molecule has 0 saturated heterocycles. The molecule has 5 nitrogen and oxygen atoms in total. The van der Waals surface area contributed by atoms with Gasteiger partial charge < -0.3 is 4.74 Å². The lowest BCUT2D eigenvalue weighted by molar-refractivity contribution is -0.140. The van der Waals surface area contributed by atoms with Crippen LogP contribution in [0.3, 0.4) is 0 Å². The van der Waals surface area contributed by atoms with E-state index in [9.17, 15) is 9.59 Å². The van der Waals surface area contributed by atoms with Gasteiger partial charge >= 0.3 is 5.97 Å². The van der Waals surface area contributed by atoms with Gasteiger partial charge in [0.05, 0.1) is 12.5 Å². The molecule has 0 saturated carbocycles. The molecule has 0 N–H and O–H groups in total. The molecule has 0 aliphatic rings. The third-order valence-electron chi connectivity index (χ3n) is 3.87. The highest BCUT2D eigenvalue weighted by atomic mass is 32.1. The summed E-state index contributed by atoms with van der Waals surface area (Å²) >= 11 is 3.12. The van der Waals surface area contributed by atoms with Crippen molar-refractivity contribution in [1.82, 2.24) is 9.55 Å². The first kappa shape index (κ1) is 16.9. The van der Waals surface area contributed by atoms with Crippen LogP contribution >= 0.6 is 22.7 Å². The molecular weight excluding hydrogens is 344 g/mol. The highest BCUT2D eigenvalue weighted by Gasteiger charge is 2.17. The second kappa shape index (κ2) is 7.27. The number of esters is 1. The summed E-state index contributed by atoms with van der Waals surface area (Å²) in [5.74, 6) is 0.502. The Labute approximate surface area is 147 Å². The summed E-state index contributed by atoms with van der Waals surface area (Å²) in [6, 6.07) is 3.99. The van der Waals surface area contributed by atoms with E-state index in [-0.39, 0.29) is 11.5 Å². The van der Waals surface area contributed by atoms with Crippen molar-refractivity contribution in [2.75, 3.05) is 7.11 Å². The molecule has 3 aromatic rings. The first-order valence-corrected chi connectivity index (χ1v) is 9.53. The number of hydrogen-bond donors (Lipinski definition) is 0. The summed E-state index contributed by atoms with van der Waals surface area (Å²) in [6.07, 6.45) is 1.53. The van der Waals surface area contributed by atoms with E-state index in [1.54, 1.807) is 15.9 Å². The van der Waals surface area contributed by atoms with Gasteiger partial charge in [0.15, 0.2) is 0 Å². The first-order chi connectivity index (χ1) is 11.7. The Bertz CT molecular complexity index is 910. The summed E-state index contributed by atoms with van der Waals surface area (Å²) in [7, 11) is 1.37. The normalized spacial score (nSPS) is 11.1. The van der Waals surface area contributed by atoms with Crippen molar-refractivity contribution in [3.63, 3.8) is 0 Å². The number of ether oxygens (including phenoxy) is 1. The number of hydrogen-bond acceptors (Lipinski definition) is 6. The maximum atomic E-state index is 13.0. The molecule has 0 bridgehead atoms. The molecule has 0 fully saturated rings. The van der Waals surface area contributed by atoms with Gasteiger partial charge in [-0.2, -0.15) is 0 Å².